The summed E-state index contributed by atoms with van der Waals surface area (Å²) in [4.78, 5) is 34.3. The fourth-order valence-electron chi connectivity index (χ4n) is 3.17. The maximum atomic E-state index is 12.3. The van der Waals surface area contributed by atoms with Crippen molar-refractivity contribution < 1.29 is 9.59 Å². The first-order valence-electron chi connectivity index (χ1n) is 9.52. The summed E-state index contributed by atoms with van der Waals surface area (Å²) in [5.41, 5.74) is 5.05. The number of anilines is 1. The third-order valence-electron chi connectivity index (χ3n) is 4.68. The number of hydrogen-bond acceptors (Lipinski definition) is 4. The van der Waals surface area contributed by atoms with Crippen LogP contribution in [-0.2, 0) is 11.3 Å². The Morgan fingerprint density at radius 2 is 1.93 bits per heavy atom. The molecular weight excluding hydrogens is 364 g/mol. The summed E-state index contributed by atoms with van der Waals surface area (Å²) in [7, 11) is 0. The van der Waals surface area contributed by atoms with Gasteiger partial charge in [0, 0.05) is 49.9 Å². The van der Waals surface area contributed by atoms with Gasteiger partial charge < -0.3 is 10.2 Å². The van der Waals surface area contributed by atoms with E-state index in [0.29, 0.717) is 18.7 Å². The minimum absolute atomic E-state index is 0.0168. The average Bonchev–Trinajstić information content (AvgIpc) is 2.74. The Balaban J connectivity index is 1.72. The molecule has 0 aliphatic heterocycles. The first-order valence-corrected chi connectivity index (χ1v) is 9.52. The molecule has 0 bridgehead atoms. The van der Waals surface area contributed by atoms with Crippen LogP contribution in [0.2, 0.25) is 0 Å². The molecule has 2 heterocycles. The monoisotopic (exact) mass is 388 g/mol. The Bertz CT molecular complexity index is 1000. The zero-order chi connectivity index (χ0) is 20.8. The maximum absolute atomic E-state index is 12.3. The quantitative estimate of drug-likeness (QED) is 0.698. The van der Waals surface area contributed by atoms with Crippen LogP contribution >= 0.6 is 0 Å². The number of hydrogen-bond donors (Lipinski definition) is 1. The van der Waals surface area contributed by atoms with Crippen LogP contribution in [0.1, 0.15) is 35.3 Å². The average molecular weight is 388 g/mol. The fourth-order valence-corrected chi connectivity index (χ4v) is 3.17. The molecule has 0 aliphatic carbocycles. The number of carbonyl (C=O) groups is 2. The molecule has 0 saturated heterocycles. The third-order valence-corrected chi connectivity index (χ3v) is 4.68. The molecule has 1 N–H and O–H groups in total. The van der Waals surface area contributed by atoms with E-state index in [2.05, 4.69) is 15.3 Å². The molecule has 0 saturated carbocycles. The van der Waals surface area contributed by atoms with Crippen LogP contribution in [-0.4, -0.2) is 28.3 Å². The highest BCUT2D eigenvalue weighted by Crippen LogP contribution is 2.26. The lowest BCUT2D eigenvalue weighted by molar-refractivity contribution is -0.116. The molecule has 29 heavy (non-hydrogen) atoms. The normalized spacial score (nSPS) is 10.4. The van der Waals surface area contributed by atoms with Crippen molar-refractivity contribution in [2.24, 2.45) is 0 Å². The molecule has 0 atom stereocenters. The van der Waals surface area contributed by atoms with Crippen molar-refractivity contribution in [3.8, 4) is 11.3 Å². The Morgan fingerprint density at radius 3 is 2.52 bits per heavy atom. The number of rotatable bonds is 6. The zero-order valence-corrected chi connectivity index (χ0v) is 16.8. The van der Waals surface area contributed by atoms with E-state index in [4.69, 9.17) is 0 Å². The van der Waals surface area contributed by atoms with Gasteiger partial charge in [0.25, 0.3) is 5.91 Å². The Labute approximate surface area is 170 Å². The summed E-state index contributed by atoms with van der Waals surface area (Å²) in [6.07, 6.45) is 4.99. The van der Waals surface area contributed by atoms with Gasteiger partial charge in [-0.3, -0.25) is 19.6 Å². The van der Waals surface area contributed by atoms with E-state index in [-0.39, 0.29) is 11.8 Å². The summed E-state index contributed by atoms with van der Waals surface area (Å²) in [6.45, 7) is 6.53. The lowest BCUT2D eigenvalue weighted by Crippen LogP contribution is -2.28. The topological polar surface area (TPSA) is 75.2 Å². The summed E-state index contributed by atoms with van der Waals surface area (Å²) in [6, 6.07) is 13.2. The standard InChI is InChI=1S/C23H24N4O2/c1-4-27(17(3)28)22-10-8-19(12-16(22)2)21-9-7-20(15-25-21)23(29)26-14-18-6-5-11-24-13-18/h5-13,15H,4,14H2,1-3H3,(H,26,29). The molecule has 0 aliphatic rings. The predicted octanol–water partition coefficient (Wildman–Crippen LogP) is 3.75. The van der Waals surface area contributed by atoms with E-state index in [1.807, 2.05) is 50.2 Å². The first-order chi connectivity index (χ1) is 14.0. The van der Waals surface area contributed by atoms with Gasteiger partial charge >= 0.3 is 0 Å². The molecule has 148 valence electrons. The van der Waals surface area contributed by atoms with Crippen molar-refractivity contribution in [3.05, 3.63) is 77.7 Å². The Hall–Kier alpha value is -3.54. The number of carbonyl (C=O) groups excluding carboxylic acids is 2. The summed E-state index contributed by atoms with van der Waals surface area (Å²) in [5, 5.41) is 2.86. The van der Waals surface area contributed by atoms with Crippen LogP contribution in [0.4, 0.5) is 5.69 Å². The van der Waals surface area contributed by atoms with E-state index in [1.165, 1.54) is 0 Å². The van der Waals surface area contributed by atoms with Gasteiger partial charge in [-0.25, -0.2) is 0 Å². The number of nitrogens with zero attached hydrogens (tertiary/aromatic N) is 3. The molecule has 0 radical (unpaired) electrons. The second-order valence-electron chi connectivity index (χ2n) is 6.74. The second-order valence-corrected chi connectivity index (χ2v) is 6.74. The second kappa shape index (κ2) is 9.10. The van der Waals surface area contributed by atoms with E-state index in [9.17, 15) is 9.59 Å². The third kappa shape index (κ3) is 4.85. The van der Waals surface area contributed by atoms with Crippen LogP contribution in [0.5, 0.6) is 0 Å². The number of nitrogens with one attached hydrogen (secondary N) is 1. The summed E-state index contributed by atoms with van der Waals surface area (Å²) in [5.74, 6) is -0.164. The molecular formula is C23H24N4O2. The molecule has 0 fully saturated rings. The van der Waals surface area contributed by atoms with Gasteiger partial charge in [0.05, 0.1) is 11.3 Å². The van der Waals surface area contributed by atoms with Gasteiger partial charge in [-0.15, -0.1) is 0 Å². The largest absolute Gasteiger partial charge is 0.348 e. The Morgan fingerprint density at radius 1 is 1.10 bits per heavy atom. The molecule has 6 nitrogen and oxygen atoms in total. The van der Waals surface area contributed by atoms with E-state index in [0.717, 1.165) is 28.1 Å². The van der Waals surface area contributed by atoms with Gasteiger partial charge in [-0.05, 0) is 55.3 Å². The van der Waals surface area contributed by atoms with Gasteiger partial charge in [-0.1, -0.05) is 12.1 Å². The lowest BCUT2D eigenvalue weighted by Gasteiger charge is -2.21. The fraction of sp³-hybridized carbons (Fsp3) is 0.217. The van der Waals surface area contributed by atoms with Gasteiger partial charge in [0.15, 0.2) is 0 Å². The smallest absolute Gasteiger partial charge is 0.253 e. The van der Waals surface area contributed by atoms with E-state index >= 15 is 0 Å². The number of aryl methyl sites for hydroxylation is 1. The maximum Gasteiger partial charge on any atom is 0.253 e. The van der Waals surface area contributed by atoms with Crippen molar-refractivity contribution in [2.45, 2.75) is 27.3 Å². The molecule has 1 aromatic carbocycles. The van der Waals surface area contributed by atoms with Crippen molar-refractivity contribution in [1.82, 2.24) is 15.3 Å². The van der Waals surface area contributed by atoms with Crippen LogP contribution in [0.15, 0.2) is 61.1 Å². The van der Waals surface area contributed by atoms with E-state index in [1.54, 1.807) is 36.5 Å². The highest BCUT2D eigenvalue weighted by Gasteiger charge is 2.13. The number of amides is 2. The first kappa shape index (κ1) is 20.2. The van der Waals surface area contributed by atoms with Crippen LogP contribution in [0.25, 0.3) is 11.3 Å². The van der Waals surface area contributed by atoms with E-state index < -0.39 is 0 Å². The van der Waals surface area contributed by atoms with Crippen LogP contribution < -0.4 is 10.2 Å². The highest BCUT2D eigenvalue weighted by atomic mass is 16.2. The zero-order valence-electron chi connectivity index (χ0n) is 16.8. The number of aromatic nitrogens is 2. The number of benzene rings is 1. The highest BCUT2D eigenvalue weighted by molar-refractivity contribution is 5.94. The van der Waals surface area contributed by atoms with Gasteiger partial charge in [-0.2, -0.15) is 0 Å². The van der Waals surface area contributed by atoms with Crippen molar-refractivity contribution in [2.75, 3.05) is 11.4 Å². The van der Waals surface area contributed by atoms with Crippen molar-refractivity contribution >= 4 is 17.5 Å². The molecule has 3 aromatic rings. The Kier molecular flexibility index (Phi) is 6.34. The lowest BCUT2D eigenvalue weighted by atomic mass is 10.0. The molecule has 3 rings (SSSR count). The van der Waals surface area contributed by atoms with Crippen molar-refractivity contribution in [1.29, 1.82) is 0 Å². The van der Waals surface area contributed by atoms with Crippen LogP contribution in [0.3, 0.4) is 0 Å². The van der Waals surface area contributed by atoms with Gasteiger partial charge in [0.2, 0.25) is 5.91 Å². The SMILES string of the molecule is CCN(C(C)=O)c1ccc(-c2ccc(C(=O)NCc3cccnc3)cn2)cc1C. The van der Waals surface area contributed by atoms with Crippen molar-refractivity contribution in [3.63, 3.8) is 0 Å². The molecule has 2 amide bonds. The molecule has 0 spiro atoms. The molecule has 0 unspecified atom stereocenters. The minimum atomic E-state index is -0.181. The molecule has 2 aromatic heterocycles. The van der Waals surface area contributed by atoms with Gasteiger partial charge in [0.1, 0.15) is 0 Å². The number of pyridine rings is 2. The molecule has 6 heteroatoms. The summed E-state index contributed by atoms with van der Waals surface area (Å²) < 4.78 is 0. The predicted molar refractivity (Wildman–Crippen MR) is 114 cm³/mol. The summed E-state index contributed by atoms with van der Waals surface area (Å²) >= 11 is 0. The minimum Gasteiger partial charge on any atom is -0.348 e. The van der Waals surface area contributed by atoms with Crippen LogP contribution in [0, 0.1) is 6.92 Å².